The Bertz CT molecular complexity index is 426. The third-order valence-electron chi connectivity index (χ3n) is 2.59. The molecule has 4 nitrogen and oxygen atoms in total. The van der Waals surface area contributed by atoms with Gasteiger partial charge < -0.3 is 9.84 Å². The lowest BCUT2D eigenvalue weighted by Gasteiger charge is -2.26. The van der Waals surface area contributed by atoms with Crippen molar-refractivity contribution in [2.75, 3.05) is 6.54 Å². The van der Waals surface area contributed by atoms with E-state index in [2.05, 4.69) is 10.1 Å². The molecule has 0 heterocycles. The van der Waals surface area contributed by atoms with Gasteiger partial charge in [0.1, 0.15) is 11.3 Å². The Hall–Kier alpha value is -1.69. The molecular formula is C12H15F2NO3. The summed E-state index contributed by atoms with van der Waals surface area (Å²) in [6.07, 6.45) is 0. The van der Waals surface area contributed by atoms with Gasteiger partial charge in [-0.05, 0) is 31.2 Å². The number of ether oxygens (including phenoxy) is 1. The first-order valence-electron chi connectivity index (χ1n) is 5.44. The predicted molar refractivity (Wildman–Crippen MR) is 61.7 cm³/mol. The van der Waals surface area contributed by atoms with E-state index in [0.29, 0.717) is 12.1 Å². The molecule has 0 radical (unpaired) electrons. The molecule has 0 bridgehead atoms. The Balaban J connectivity index is 3.09. The molecule has 0 spiro atoms. The van der Waals surface area contributed by atoms with Crippen molar-refractivity contribution in [2.24, 2.45) is 0 Å². The Morgan fingerprint density at radius 3 is 2.72 bits per heavy atom. The van der Waals surface area contributed by atoms with Crippen molar-refractivity contribution in [1.82, 2.24) is 5.32 Å². The molecule has 0 saturated heterocycles. The minimum absolute atomic E-state index is 0.0621. The van der Waals surface area contributed by atoms with Crippen molar-refractivity contribution in [3.05, 3.63) is 29.8 Å². The normalized spacial score (nSPS) is 14.3. The molecular weight excluding hydrogens is 244 g/mol. The van der Waals surface area contributed by atoms with E-state index in [9.17, 15) is 18.7 Å². The largest absolute Gasteiger partial charge is 0.480 e. The summed E-state index contributed by atoms with van der Waals surface area (Å²) in [7, 11) is 0. The molecule has 1 rings (SSSR count). The molecule has 0 aromatic heterocycles. The molecule has 100 valence electrons. The van der Waals surface area contributed by atoms with Crippen molar-refractivity contribution >= 4 is 5.97 Å². The van der Waals surface area contributed by atoms with Crippen LogP contribution >= 0.6 is 0 Å². The zero-order valence-electron chi connectivity index (χ0n) is 10.1. The van der Waals surface area contributed by atoms with Crippen LogP contribution in [0.1, 0.15) is 19.4 Å². The second kappa shape index (κ2) is 5.77. The number of hydrogen-bond donors (Lipinski definition) is 2. The molecule has 1 aromatic rings. The number of alkyl halides is 2. The SMILES string of the molecule is CCNC(C)(C(=O)O)c1cccc(OC(F)F)c1. The Kier molecular flexibility index (Phi) is 4.61. The number of hydrogen-bond acceptors (Lipinski definition) is 3. The molecule has 2 N–H and O–H groups in total. The number of carbonyl (C=O) groups is 1. The average molecular weight is 259 g/mol. The van der Waals surface area contributed by atoms with E-state index < -0.39 is 18.1 Å². The van der Waals surface area contributed by atoms with Crippen LogP contribution in [-0.4, -0.2) is 24.2 Å². The van der Waals surface area contributed by atoms with Crippen molar-refractivity contribution in [1.29, 1.82) is 0 Å². The minimum Gasteiger partial charge on any atom is -0.480 e. The number of likely N-dealkylation sites (N-methyl/N-ethyl adjacent to an activating group) is 1. The van der Waals surface area contributed by atoms with Crippen molar-refractivity contribution < 1.29 is 23.4 Å². The van der Waals surface area contributed by atoms with Crippen LogP contribution in [0.5, 0.6) is 5.75 Å². The van der Waals surface area contributed by atoms with Gasteiger partial charge in [-0.3, -0.25) is 5.32 Å². The summed E-state index contributed by atoms with van der Waals surface area (Å²) in [6.45, 7) is 0.736. The first-order valence-corrected chi connectivity index (χ1v) is 5.44. The molecule has 1 aromatic carbocycles. The number of benzene rings is 1. The van der Waals surface area contributed by atoms with Gasteiger partial charge in [-0.1, -0.05) is 19.1 Å². The van der Waals surface area contributed by atoms with Crippen molar-refractivity contribution in [3.63, 3.8) is 0 Å². The Morgan fingerprint density at radius 2 is 2.22 bits per heavy atom. The van der Waals surface area contributed by atoms with E-state index in [4.69, 9.17) is 0 Å². The van der Waals surface area contributed by atoms with Crippen molar-refractivity contribution in [3.8, 4) is 5.75 Å². The van der Waals surface area contributed by atoms with Crippen LogP contribution in [0.25, 0.3) is 0 Å². The standard InChI is InChI=1S/C12H15F2NO3/c1-3-15-12(2,10(16)17)8-5-4-6-9(7-8)18-11(13)14/h4-7,11,15H,3H2,1-2H3,(H,16,17). The van der Waals surface area contributed by atoms with E-state index >= 15 is 0 Å². The highest BCUT2D eigenvalue weighted by Crippen LogP contribution is 2.25. The molecule has 0 aliphatic rings. The second-order valence-corrected chi connectivity index (χ2v) is 3.87. The number of carboxylic acids is 1. The summed E-state index contributed by atoms with van der Waals surface area (Å²) < 4.78 is 28.5. The zero-order chi connectivity index (χ0) is 13.8. The van der Waals surface area contributed by atoms with Gasteiger partial charge in [0.25, 0.3) is 0 Å². The van der Waals surface area contributed by atoms with Gasteiger partial charge >= 0.3 is 12.6 Å². The Labute approximate surface area is 104 Å². The summed E-state index contributed by atoms with van der Waals surface area (Å²) in [4.78, 5) is 11.3. The predicted octanol–water partition coefficient (Wildman–Crippen LogP) is 2.20. The monoisotopic (exact) mass is 259 g/mol. The average Bonchev–Trinajstić information content (AvgIpc) is 2.28. The highest BCUT2D eigenvalue weighted by molar-refractivity contribution is 5.80. The van der Waals surface area contributed by atoms with Gasteiger partial charge in [-0.15, -0.1) is 0 Å². The van der Waals surface area contributed by atoms with Crippen LogP contribution in [0, 0.1) is 0 Å². The molecule has 1 unspecified atom stereocenters. The number of rotatable bonds is 6. The third-order valence-corrected chi connectivity index (χ3v) is 2.59. The van der Waals surface area contributed by atoms with Crippen LogP contribution in [0.4, 0.5) is 8.78 Å². The Morgan fingerprint density at radius 1 is 1.56 bits per heavy atom. The van der Waals surface area contributed by atoms with Gasteiger partial charge in [-0.25, -0.2) is 4.79 Å². The van der Waals surface area contributed by atoms with Gasteiger partial charge in [-0.2, -0.15) is 8.78 Å². The maximum absolute atomic E-state index is 12.1. The smallest absolute Gasteiger partial charge is 0.387 e. The van der Waals surface area contributed by atoms with E-state index in [1.54, 1.807) is 13.0 Å². The number of aliphatic carboxylic acids is 1. The fourth-order valence-corrected chi connectivity index (χ4v) is 1.64. The molecule has 0 fully saturated rings. The lowest BCUT2D eigenvalue weighted by molar-refractivity contribution is -0.144. The topological polar surface area (TPSA) is 58.6 Å². The van der Waals surface area contributed by atoms with Gasteiger partial charge in [0.15, 0.2) is 0 Å². The van der Waals surface area contributed by atoms with E-state index in [1.807, 2.05) is 0 Å². The summed E-state index contributed by atoms with van der Waals surface area (Å²) in [6, 6.07) is 5.67. The maximum atomic E-state index is 12.1. The summed E-state index contributed by atoms with van der Waals surface area (Å²) in [5.41, 5.74) is -0.981. The van der Waals surface area contributed by atoms with E-state index in [1.165, 1.54) is 25.1 Å². The molecule has 6 heteroatoms. The lowest BCUT2D eigenvalue weighted by Crippen LogP contribution is -2.46. The first kappa shape index (κ1) is 14.4. The third kappa shape index (κ3) is 3.16. The quantitative estimate of drug-likeness (QED) is 0.822. The number of halogens is 2. The van der Waals surface area contributed by atoms with Crippen LogP contribution in [0.15, 0.2) is 24.3 Å². The molecule has 18 heavy (non-hydrogen) atoms. The molecule has 0 saturated carbocycles. The molecule has 0 amide bonds. The van der Waals surface area contributed by atoms with Crippen LogP contribution in [0.3, 0.4) is 0 Å². The molecule has 1 atom stereocenters. The summed E-state index contributed by atoms with van der Waals surface area (Å²) in [5, 5.41) is 12.1. The van der Waals surface area contributed by atoms with Gasteiger partial charge in [0.05, 0.1) is 0 Å². The van der Waals surface area contributed by atoms with Crippen LogP contribution in [0.2, 0.25) is 0 Å². The molecule has 0 aliphatic carbocycles. The van der Waals surface area contributed by atoms with E-state index in [-0.39, 0.29) is 5.75 Å². The maximum Gasteiger partial charge on any atom is 0.387 e. The van der Waals surface area contributed by atoms with Crippen LogP contribution < -0.4 is 10.1 Å². The summed E-state index contributed by atoms with van der Waals surface area (Å²) >= 11 is 0. The highest BCUT2D eigenvalue weighted by atomic mass is 19.3. The zero-order valence-corrected chi connectivity index (χ0v) is 10.1. The lowest BCUT2D eigenvalue weighted by atomic mass is 9.92. The van der Waals surface area contributed by atoms with Crippen LogP contribution in [-0.2, 0) is 10.3 Å². The fraction of sp³-hybridized carbons (Fsp3) is 0.417. The minimum atomic E-state index is -2.93. The second-order valence-electron chi connectivity index (χ2n) is 3.87. The molecule has 0 aliphatic heterocycles. The van der Waals surface area contributed by atoms with Gasteiger partial charge in [0.2, 0.25) is 0 Å². The fourth-order valence-electron chi connectivity index (χ4n) is 1.64. The number of nitrogens with one attached hydrogen (secondary N) is 1. The number of carboxylic acid groups (broad SMARTS) is 1. The van der Waals surface area contributed by atoms with Crippen molar-refractivity contribution in [2.45, 2.75) is 26.0 Å². The van der Waals surface area contributed by atoms with Gasteiger partial charge in [0, 0.05) is 0 Å². The highest BCUT2D eigenvalue weighted by Gasteiger charge is 2.34. The summed E-state index contributed by atoms with van der Waals surface area (Å²) in [5.74, 6) is -1.15. The van der Waals surface area contributed by atoms with E-state index in [0.717, 1.165) is 0 Å². The first-order chi connectivity index (χ1) is 8.40.